The first-order valence-electron chi connectivity index (χ1n) is 10.7. The molecule has 3 aromatic rings. The van der Waals surface area contributed by atoms with E-state index in [4.69, 9.17) is 0 Å². The topological polar surface area (TPSA) is 100 Å². The normalized spacial score (nSPS) is 19.0. The summed E-state index contributed by atoms with van der Waals surface area (Å²) >= 11 is 1.28. The maximum Gasteiger partial charge on any atom is 0.231 e. The summed E-state index contributed by atoms with van der Waals surface area (Å²) in [7, 11) is -1.18. The number of anilines is 3. The van der Waals surface area contributed by atoms with Crippen LogP contribution in [0.4, 0.5) is 21.3 Å². The number of hydrogen-bond donors (Lipinski definition) is 2. The van der Waals surface area contributed by atoms with Gasteiger partial charge in [-0.15, -0.1) is 0 Å². The smallest absolute Gasteiger partial charge is 0.231 e. The van der Waals surface area contributed by atoms with Crippen molar-refractivity contribution in [1.82, 2.24) is 19.9 Å². The zero-order valence-electron chi connectivity index (χ0n) is 19.6. The minimum Gasteiger partial charge on any atom is -0.365 e. The van der Waals surface area contributed by atoms with Gasteiger partial charge in [0, 0.05) is 23.4 Å². The fourth-order valence-corrected chi connectivity index (χ4v) is 6.10. The van der Waals surface area contributed by atoms with Crippen LogP contribution in [0, 0.1) is 5.82 Å². The van der Waals surface area contributed by atoms with Gasteiger partial charge in [0.1, 0.15) is 0 Å². The van der Waals surface area contributed by atoms with Crippen molar-refractivity contribution in [2.75, 3.05) is 23.9 Å². The molecule has 0 spiro atoms. The van der Waals surface area contributed by atoms with Crippen molar-refractivity contribution >= 4 is 48.3 Å². The second-order valence-corrected chi connectivity index (χ2v) is 12.9. The predicted octanol–water partition coefficient (Wildman–Crippen LogP) is 4.44. The molecule has 0 unspecified atom stereocenters. The summed E-state index contributed by atoms with van der Waals surface area (Å²) in [6.07, 6.45) is 4.00. The second-order valence-electron chi connectivity index (χ2n) is 9.87. The van der Waals surface area contributed by atoms with Gasteiger partial charge in [-0.05, 0) is 65.8 Å². The maximum atomic E-state index is 14.6. The van der Waals surface area contributed by atoms with E-state index in [1.165, 1.54) is 23.7 Å². The summed E-state index contributed by atoms with van der Waals surface area (Å²) < 4.78 is 38.9. The molecule has 178 valence electrons. The molecular formula is C22H29FN6O2S2. The molecule has 0 saturated carbocycles. The Labute approximate surface area is 197 Å². The number of thiazole rings is 1. The lowest BCUT2D eigenvalue weighted by atomic mass is 9.77. The van der Waals surface area contributed by atoms with Crippen molar-refractivity contribution < 1.29 is 12.8 Å². The quantitative estimate of drug-likeness (QED) is 0.539. The highest BCUT2D eigenvalue weighted by Crippen LogP contribution is 2.38. The van der Waals surface area contributed by atoms with Crippen LogP contribution in [0.2, 0.25) is 0 Å². The van der Waals surface area contributed by atoms with Crippen LogP contribution >= 0.6 is 11.3 Å². The van der Waals surface area contributed by atoms with E-state index in [-0.39, 0.29) is 33.8 Å². The second kappa shape index (κ2) is 8.14. The Morgan fingerprint density at radius 1 is 1.15 bits per heavy atom. The van der Waals surface area contributed by atoms with Gasteiger partial charge in [-0.2, -0.15) is 4.98 Å². The van der Waals surface area contributed by atoms with Gasteiger partial charge in [-0.25, -0.2) is 22.8 Å². The fourth-order valence-electron chi connectivity index (χ4n) is 4.48. The van der Waals surface area contributed by atoms with Gasteiger partial charge in [-0.3, -0.25) is 10.2 Å². The van der Waals surface area contributed by atoms with Gasteiger partial charge in [0.05, 0.1) is 21.3 Å². The molecule has 33 heavy (non-hydrogen) atoms. The molecular weight excluding hydrogens is 463 g/mol. The Balaban J connectivity index is 1.55. The van der Waals surface area contributed by atoms with Crippen LogP contribution in [-0.2, 0) is 9.84 Å². The summed E-state index contributed by atoms with van der Waals surface area (Å²) in [4.78, 5) is 15.5. The molecule has 2 aromatic heterocycles. The van der Waals surface area contributed by atoms with E-state index in [0.717, 1.165) is 23.7 Å². The number of rotatable bonds is 5. The van der Waals surface area contributed by atoms with E-state index in [9.17, 15) is 12.8 Å². The number of fused-ring (bicyclic) bond motifs is 1. The molecule has 0 bridgehead atoms. The van der Waals surface area contributed by atoms with Crippen molar-refractivity contribution in [3.05, 3.63) is 30.2 Å². The van der Waals surface area contributed by atoms with E-state index in [1.54, 1.807) is 12.1 Å². The number of hydrogen-bond acceptors (Lipinski definition) is 9. The number of likely N-dealkylation sites (tertiary alicyclic amines) is 1. The Kier molecular flexibility index (Phi) is 5.86. The van der Waals surface area contributed by atoms with E-state index in [1.807, 2.05) is 0 Å². The van der Waals surface area contributed by atoms with Gasteiger partial charge < -0.3 is 5.32 Å². The molecule has 1 saturated heterocycles. The molecule has 1 aliphatic rings. The van der Waals surface area contributed by atoms with Crippen LogP contribution < -0.4 is 10.6 Å². The van der Waals surface area contributed by atoms with Crippen molar-refractivity contribution in [3.8, 4) is 0 Å². The number of halogens is 1. The fraction of sp³-hybridized carbons (Fsp3) is 0.500. The van der Waals surface area contributed by atoms with Crippen molar-refractivity contribution in [1.29, 1.82) is 0 Å². The first-order valence-corrected chi connectivity index (χ1v) is 13.4. The van der Waals surface area contributed by atoms with E-state index < -0.39 is 15.7 Å². The lowest BCUT2D eigenvalue weighted by Crippen LogP contribution is -2.61. The lowest BCUT2D eigenvalue weighted by Gasteiger charge is -2.53. The van der Waals surface area contributed by atoms with Crippen LogP contribution in [0.15, 0.2) is 29.3 Å². The number of sulfone groups is 1. The molecule has 2 N–H and O–H groups in total. The zero-order valence-corrected chi connectivity index (χ0v) is 21.2. The summed E-state index contributed by atoms with van der Waals surface area (Å²) in [6, 6.07) is 4.84. The molecule has 3 heterocycles. The highest BCUT2D eigenvalue weighted by molar-refractivity contribution is 7.90. The molecule has 4 rings (SSSR count). The molecule has 8 nitrogen and oxygen atoms in total. The monoisotopic (exact) mass is 492 g/mol. The summed E-state index contributed by atoms with van der Waals surface area (Å²) in [5.41, 5.74) is 0.567. The van der Waals surface area contributed by atoms with Gasteiger partial charge in [-0.1, -0.05) is 11.3 Å². The molecule has 0 amide bonds. The average molecular weight is 493 g/mol. The third-order valence-corrected chi connectivity index (χ3v) is 8.44. The number of benzene rings is 1. The third kappa shape index (κ3) is 4.95. The van der Waals surface area contributed by atoms with Gasteiger partial charge in [0.25, 0.3) is 0 Å². The number of nitrogens with one attached hydrogen (secondary N) is 2. The van der Waals surface area contributed by atoms with E-state index in [2.05, 4.69) is 65.2 Å². The number of piperidine rings is 1. The summed E-state index contributed by atoms with van der Waals surface area (Å²) in [6.45, 7) is 8.75. The van der Waals surface area contributed by atoms with E-state index in [0.29, 0.717) is 10.6 Å². The molecule has 1 aliphatic heterocycles. The van der Waals surface area contributed by atoms with Crippen molar-refractivity contribution in [2.45, 2.75) is 62.6 Å². The van der Waals surface area contributed by atoms with Gasteiger partial charge in [0.2, 0.25) is 5.95 Å². The Morgan fingerprint density at radius 2 is 1.82 bits per heavy atom. The minimum atomic E-state index is -3.31. The SMILES string of the molecule is CN1C(C)(C)CC(Nc2nc(Nc3nc4ccc(S(C)(=O)=O)cc4s3)ncc2F)CC1(C)C. The van der Waals surface area contributed by atoms with Crippen LogP contribution in [0.25, 0.3) is 10.2 Å². The van der Waals surface area contributed by atoms with Gasteiger partial charge in [0.15, 0.2) is 26.6 Å². The molecule has 0 aliphatic carbocycles. The summed E-state index contributed by atoms with van der Waals surface area (Å²) in [5.74, 6) is -0.154. The first kappa shape index (κ1) is 23.8. The van der Waals surface area contributed by atoms with Crippen molar-refractivity contribution in [3.63, 3.8) is 0 Å². The number of aromatic nitrogens is 3. The number of nitrogens with zero attached hydrogens (tertiary/aromatic N) is 4. The Bertz CT molecular complexity index is 1290. The average Bonchev–Trinajstić information content (AvgIpc) is 3.09. The molecule has 0 atom stereocenters. The van der Waals surface area contributed by atoms with Crippen LogP contribution in [0.3, 0.4) is 0 Å². The minimum absolute atomic E-state index is 0.0458. The lowest BCUT2D eigenvalue weighted by molar-refractivity contribution is -0.00778. The summed E-state index contributed by atoms with van der Waals surface area (Å²) in [5, 5.41) is 6.79. The predicted molar refractivity (Wildman–Crippen MR) is 131 cm³/mol. The molecule has 1 fully saturated rings. The first-order chi connectivity index (χ1) is 15.2. The Hall–Kier alpha value is -2.37. The van der Waals surface area contributed by atoms with Crippen LogP contribution in [0.5, 0.6) is 0 Å². The molecule has 11 heteroatoms. The van der Waals surface area contributed by atoms with Crippen LogP contribution in [0.1, 0.15) is 40.5 Å². The van der Waals surface area contributed by atoms with Gasteiger partial charge >= 0.3 is 0 Å². The van der Waals surface area contributed by atoms with Crippen molar-refractivity contribution in [2.24, 2.45) is 0 Å². The van der Waals surface area contributed by atoms with Crippen LogP contribution in [-0.4, -0.2) is 58.7 Å². The molecule has 0 radical (unpaired) electrons. The van der Waals surface area contributed by atoms with E-state index >= 15 is 0 Å². The zero-order chi connectivity index (χ0) is 24.2. The Morgan fingerprint density at radius 3 is 2.45 bits per heavy atom. The highest BCUT2D eigenvalue weighted by atomic mass is 32.2. The maximum absolute atomic E-state index is 14.6. The largest absolute Gasteiger partial charge is 0.365 e. The highest BCUT2D eigenvalue weighted by Gasteiger charge is 2.43. The third-order valence-electron chi connectivity index (χ3n) is 6.40. The standard InChI is InChI=1S/C22H29FN6O2S2/c1-21(2)10-13(11-22(3,4)29(21)5)25-18-15(23)12-24-19(27-18)28-20-26-16-8-7-14(33(6,30)31)9-17(16)32-20/h7-9,12-13H,10-11H2,1-6H3,(H2,24,25,26,27,28). The molecule has 1 aromatic carbocycles.